The number of hydrogen-bond donors (Lipinski definition) is 0. The van der Waals surface area contributed by atoms with Gasteiger partial charge in [0.15, 0.2) is 11.5 Å². The summed E-state index contributed by atoms with van der Waals surface area (Å²) in [5, 5.41) is 0.640. The van der Waals surface area contributed by atoms with Gasteiger partial charge in [-0.3, -0.25) is 4.90 Å². The average Bonchev–Trinajstić information content (AvgIpc) is 2.69. The van der Waals surface area contributed by atoms with Crippen LogP contribution in [0.25, 0.3) is 0 Å². The van der Waals surface area contributed by atoms with E-state index in [2.05, 4.69) is 34.9 Å². The number of methoxy groups -OCH3 is 3. The molecule has 1 fully saturated rings. The Hall–Kier alpha value is -2.11. The van der Waals surface area contributed by atoms with Crippen molar-refractivity contribution < 1.29 is 14.2 Å². The molecule has 5 nitrogen and oxygen atoms in total. The number of rotatable bonds is 6. The normalized spacial score (nSPS) is 17.7. The van der Waals surface area contributed by atoms with Crippen molar-refractivity contribution in [3.63, 3.8) is 0 Å². The molecule has 0 unspecified atom stereocenters. The first kappa shape index (κ1) is 19.6. The fourth-order valence-corrected chi connectivity index (χ4v) is 3.72. The van der Waals surface area contributed by atoms with Gasteiger partial charge in [0, 0.05) is 44.0 Å². The molecule has 0 aliphatic carbocycles. The van der Waals surface area contributed by atoms with Gasteiger partial charge in [0.05, 0.1) is 26.4 Å². The van der Waals surface area contributed by atoms with Crippen molar-refractivity contribution in [3.8, 4) is 17.2 Å². The zero-order chi connectivity index (χ0) is 19.4. The molecule has 1 aliphatic heterocycles. The Morgan fingerprint density at radius 3 is 2.33 bits per heavy atom. The van der Waals surface area contributed by atoms with E-state index in [0.717, 1.165) is 49.1 Å². The van der Waals surface area contributed by atoms with E-state index in [0.29, 0.717) is 11.1 Å². The van der Waals surface area contributed by atoms with Gasteiger partial charge < -0.3 is 19.1 Å². The Kier molecular flexibility index (Phi) is 6.34. The van der Waals surface area contributed by atoms with E-state index in [1.807, 2.05) is 18.2 Å². The number of anilines is 1. The van der Waals surface area contributed by atoms with Crippen LogP contribution in [0, 0.1) is 0 Å². The summed E-state index contributed by atoms with van der Waals surface area (Å²) < 4.78 is 16.1. The highest BCUT2D eigenvalue weighted by molar-refractivity contribution is 6.32. The molecule has 0 radical (unpaired) electrons. The molecule has 0 saturated carbocycles. The zero-order valence-electron chi connectivity index (χ0n) is 16.4. The third-order valence-corrected chi connectivity index (χ3v) is 5.41. The maximum Gasteiger partial charge on any atom is 0.161 e. The van der Waals surface area contributed by atoms with Crippen LogP contribution >= 0.6 is 11.6 Å². The van der Waals surface area contributed by atoms with Crippen molar-refractivity contribution in [2.24, 2.45) is 0 Å². The second-order valence-corrected chi connectivity index (χ2v) is 7.18. The lowest BCUT2D eigenvalue weighted by Gasteiger charge is -2.41. The Balaban J connectivity index is 1.67. The quantitative estimate of drug-likeness (QED) is 0.742. The average molecular weight is 391 g/mol. The molecule has 1 atom stereocenters. The SMILES string of the molecule is COc1cc(N2CCN(Cc3ccc(OC)c(OC)c3)[C@H](C)C2)ccc1Cl. The summed E-state index contributed by atoms with van der Waals surface area (Å²) in [5.74, 6) is 2.25. The minimum atomic E-state index is 0.425. The first-order valence-electron chi connectivity index (χ1n) is 9.09. The molecule has 0 spiro atoms. The van der Waals surface area contributed by atoms with Crippen LogP contribution in [0.5, 0.6) is 17.2 Å². The number of benzene rings is 2. The van der Waals surface area contributed by atoms with Crippen LogP contribution in [-0.2, 0) is 6.54 Å². The molecule has 0 amide bonds. The van der Waals surface area contributed by atoms with Crippen molar-refractivity contribution in [2.45, 2.75) is 19.5 Å². The van der Waals surface area contributed by atoms with Crippen LogP contribution in [0.4, 0.5) is 5.69 Å². The predicted octanol–water partition coefficient (Wildman–Crippen LogP) is 4.08. The summed E-state index contributed by atoms with van der Waals surface area (Å²) in [4.78, 5) is 4.87. The van der Waals surface area contributed by atoms with E-state index >= 15 is 0 Å². The monoisotopic (exact) mass is 390 g/mol. The lowest BCUT2D eigenvalue weighted by Crippen LogP contribution is -2.51. The van der Waals surface area contributed by atoms with E-state index < -0.39 is 0 Å². The number of hydrogen-bond acceptors (Lipinski definition) is 5. The summed E-state index contributed by atoms with van der Waals surface area (Å²) in [6.45, 7) is 6.06. The molecule has 1 aliphatic rings. The van der Waals surface area contributed by atoms with Gasteiger partial charge in [0.25, 0.3) is 0 Å². The lowest BCUT2D eigenvalue weighted by atomic mass is 10.1. The van der Waals surface area contributed by atoms with Crippen LogP contribution in [0.3, 0.4) is 0 Å². The highest BCUT2D eigenvalue weighted by atomic mass is 35.5. The first-order valence-corrected chi connectivity index (χ1v) is 9.47. The third-order valence-electron chi connectivity index (χ3n) is 5.10. The molecule has 6 heteroatoms. The van der Waals surface area contributed by atoms with Gasteiger partial charge in [0.1, 0.15) is 5.75 Å². The minimum absolute atomic E-state index is 0.425. The number of nitrogens with zero attached hydrogens (tertiary/aromatic N) is 2. The summed E-state index contributed by atoms with van der Waals surface area (Å²) in [5.41, 5.74) is 2.37. The smallest absolute Gasteiger partial charge is 0.161 e. The highest BCUT2D eigenvalue weighted by Gasteiger charge is 2.24. The first-order chi connectivity index (χ1) is 13.0. The molecule has 0 aromatic heterocycles. The largest absolute Gasteiger partial charge is 0.495 e. The zero-order valence-corrected chi connectivity index (χ0v) is 17.1. The van der Waals surface area contributed by atoms with Gasteiger partial charge in [-0.25, -0.2) is 0 Å². The number of halogens is 1. The van der Waals surface area contributed by atoms with Crippen molar-refractivity contribution in [1.29, 1.82) is 0 Å². The van der Waals surface area contributed by atoms with Gasteiger partial charge in [-0.1, -0.05) is 17.7 Å². The van der Waals surface area contributed by atoms with Crippen LogP contribution < -0.4 is 19.1 Å². The number of ether oxygens (including phenoxy) is 3. The maximum atomic E-state index is 6.15. The van der Waals surface area contributed by atoms with Crippen LogP contribution in [0.15, 0.2) is 36.4 Å². The molecule has 1 saturated heterocycles. The topological polar surface area (TPSA) is 34.2 Å². The molecule has 27 heavy (non-hydrogen) atoms. The van der Waals surface area contributed by atoms with Crippen molar-refractivity contribution >= 4 is 17.3 Å². The van der Waals surface area contributed by atoms with E-state index in [4.69, 9.17) is 25.8 Å². The van der Waals surface area contributed by atoms with E-state index in [9.17, 15) is 0 Å². The van der Waals surface area contributed by atoms with E-state index in [-0.39, 0.29) is 0 Å². The molecule has 3 rings (SSSR count). The van der Waals surface area contributed by atoms with Crippen LogP contribution in [0.1, 0.15) is 12.5 Å². The summed E-state index contributed by atoms with van der Waals surface area (Å²) in [6, 6.07) is 12.5. The minimum Gasteiger partial charge on any atom is -0.495 e. The molecule has 2 aromatic rings. The molecule has 146 valence electrons. The van der Waals surface area contributed by atoms with Crippen molar-refractivity contribution in [1.82, 2.24) is 4.90 Å². The van der Waals surface area contributed by atoms with Gasteiger partial charge in [-0.2, -0.15) is 0 Å². The Morgan fingerprint density at radius 1 is 0.926 bits per heavy atom. The molecule has 0 bridgehead atoms. The van der Waals surface area contributed by atoms with Crippen molar-refractivity contribution in [2.75, 3.05) is 45.9 Å². The van der Waals surface area contributed by atoms with Gasteiger partial charge in [-0.05, 0) is 36.8 Å². The summed E-state index contributed by atoms with van der Waals surface area (Å²) in [6.07, 6.45) is 0. The fraction of sp³-hybridized carbons (Fsp3) is 0.429. The maximum absolute atomic E-state index is 6.15. The highest BCUT2D eigenvalue weighted by Crippen LogP contribution is 2.31. The van der Waals surface area contributed by atoms with Crippen LogP contribution in [0.2, 0.25) is 5.02 Å². The Labute approximate surface area is 166 Å². The molecular weight excluding hydrogens is 364 g/mol. The predicted molar refractivity (Wildman–Crippen MR) is 110 cm³/mol. The Bertz CT molecular complexity index is 784. The lowest BCUT2D eigenvalue weighted by molar-refractivity contribution is 0.180. The van der Waals surface area contributed by atoms with E-state index in [1.165, 1.54) is 5.56 Å². The molecular formula is C21H27ClN2O3. The van der Waals surface area contributed by atoms with Gasteiger partial charge >= 0.3 is 0 Å². The van der Waals surface area contributed by atoms with Gasteiger partial charge in [-0.15, -0.1) is 0 Å². The fourth-order valence-electron chi connectivity index (χ4n) is 3.52. The second kappa shape index (κ2) is 8.72. The van der Waals surface area contributed by atoms with E-state index in [1.54, 1.807) is 21.3 Å². The molecule has 1 heterocycles. The summed E-state index contributed by atoms with van der Waals surface area (Å²) in [7, 11) is 4.97. The van der Waals surface area contributed by atoms with Crippen LogP contribution in [-0.4, -0.2) is 51.9 Å². The second-order valence-electron chi connectivity index (χ2n) is 6.77. The third kappa shape index (κ3) is 4.42. The standard InChI is InChI=1S/C21H27ClN2O3/c1-15-13-24(17-6-7-18(22)20(12-17)26-3)10-9-23(15)14-16-5-8-19(25-2)21(11-16)27-4/h5-8,11-12,15H,9-10,13-14H2,1-4H3/t15-/m1/s1. The molecule has 2 aromatic carbocycles. The molecule has 0 N–H and O–H groups in total. The summed E-state index contributed by atoms with van der Waals surface area (Å²) >= 11 is 6.15. The number of piperazine rings is 1. The van der Waals surface area contributed by atoms with Gasteiger partial charge in [0.2, 0.25) is 0 Å². The Morgan fingerprint density at radius 2 is 1.67 bits per heavy atom. The van der Waals surface area contributed by atoms with Crippen molar-refractivity contribution in [3.05, 3.63) is 47.0 Å².